The fourth-order valence-corrected chi connectivity index (χ4v) is 3.41. The first-order chi connectivity index (χ1) is 12.9. The lowest BCUT2D eigenvalue weighted by Crippen LogP contribution is -2.30. The maximum atomic E-state index is 12.8. The van der Waals surface area contributed by atoms with Crippen molar-refractivity contribution >= 4 is 11.8 Å². The van der Waals surface area contributed by atoms with Gasteiger partial charge in [0.2, 0.25) is 5.91 Å². The molecular formula is C20H27N5O2. The van der Waals surface area contributed by atoms with Crippen LogP contribution >= 0.6 is 0 Å². The predicted molar refractivity (Wildman–Crippen MR) is 102 cm³/mol. The second-order valence-corrected chi connectivity index (χ2v) is 7.48. The van der Waals surface area contributed by atoms with Gasteiger partial charge in [-0.15, -0.1) is 0 Å². The van der Waals surface area contributed by atoms with Gasteiger partial charge in [0, 0.05) is 32.4 Å². The number of carbonyl (C=O) groups is 2. The van der Waals surface area contributed by atoms with Gasteiger partial charge < -0.3 is 10.2 Å². The van der Waals surface area contributed by atoms with E-state index in [9.17, 15) is 9.59 Å². The van der Waals surface area contributed by atoms with E-state index in [-0.39, 0.29) is 17.9 Å². The number of aryl methyl sites for hydroxylation is 1. The molecule has 0 radical (unpaired) electrons. The van der Waals surface area contributed by atoms with Crippen molar-refractivity contribution in [3.8, 4) is 0 Å². The average molecular weight is 369 g/mol. The van der Waals surface area contributed by atoms with E-state index in [4.69, 9.17) is 0 Å². The molecule has 0 aliphatic carbocycles. The van der Waals surface area contributed by atoms with Crippen LogP contribution in [0.5, 0.6) is 0 Å². The van der Waals surface area contributed by atoms with E-state index in [1.807, 2.05) is 16.8 Å². The number of nitrogens with one attached hydrogen (secondary N) is 1. The second-order valence-electron chi connectivity index (χ2n) is 7.48. The van der Waals surface area contributed by atoms with Gasteiger partial charge in [0.1, 0.15) is 0 Å². The van der Waals surface area contributed by atoms with Crippen molar-refractivity contribution in [2.24, 2.45) is 5.92 Å². The largest absolute Gasteiger partial charge is 0.344 e. The summed E-state index contributed by atoms with van der Waals surface area (Å²) in [7, 11) is 0. The molecule has 0 unspecified atom stereocenters. The molecule has 1 aliphatic heterocycles. The maximum Gasteiger partial charge on any atom is 0.272 e. The van der Waals surface area contributed by atoms with E-state index in [1.165, 1.54) is 0 Å². The molecule has 0 saturated carbocycles. The van der Waals surface area contributed by atoms with Crippen LogP contribution in [0, 0.1) is 5.92 Å². The topological polar surface area (TPSA) is 80.1 Å². The van der Waals surface area contributed by atoms with Gasteiger partial charge >= 0.3 is 0 Å². The minimum absolute atomic E-state index is 0.0456. The van der Waals surface area contributed by atoms with Crippen LogP contribution in [0.4, 0.5) is 0 Å². The Morgan fingerprint density at radius 1 is 1.30 bits per heavy atom. The van der Waals surface area contributed by atoms with E-state index in [2.05, 4.69) is 29.2 Å². The Kier molecular flexibility index (Phi) is 5.88. The van der Waals surface area contributed by atoms with Crippen LogP contribution in [0.15, 0.2) is 30.6 Å². The summed E-state index contributed by atoms with van der Waals surface area (Å²) in [4.78, 5) is 30.5. The van der Waals surface area contributed by atoms with Crippen LogP contribution in [0.25, 0.3) is 0 Å². The van der Waals surface area contributed by atoms with E-state index in [0.29, 0.717) is 24.7 Å². The molecule has 1 atom stereocenters. The van der Waals surface area contributed by atoms with Crippen LogP contribution in [0.3, 0.4) is 0 Å². The lowest BCUT2D eigenvalue weighted by Gasteiger charge is -2.20. The minimum atomic E-state index is -0.195. The molecule has 0 spiro atoms. The van der Waals surface area contributed by atoms with Gasteiger partial charge in [0.05, 0.1) is 18.3 Å². The van der Waals surface area contributed by atoms with Crippen molar-refractivity contribution in [2.45, 2.75) is 52.7 Å². The summed E-state index contributed by atoms with van der Waals surface area (Å²) in [5, 5.41) is 7.59. The van der Waals surface area contributed by atoms with Crippen molar-refractivity contribution in [2.75, 3.05) is 6.54 Å². The minimum Gasteiger partial charge on any atom is -0.344 e. The molecule has 144 valence electrons. The Balaban J connectivity index is 1.77. The second kappa shape index (κ2) is 8.33. The Labute approximate surface area is 159 Å². The third kappa shape index (κ3) is 4.72. The lowest BCUT2D eigenvalue weighted by atomic mass is 9.98. The molecule has 7 heteroatoms. The van der Waals surface area contributed by atoms with Crippen molar-refractivity contribution in [3.05, 3.63) is 47.5 Å². The van der Waals surface area contributed by atoms with Crippen molar-refractivity contribution in [1.29, 1.82) is 0 Å². The first kappa shape index (κ1) is 19.1. The molecule has 3 heterocycles. The van der Waals surface area contributed by atoms with E-state index in [1.54, 1.807) is 30.3 Å². The molecule has 0 aromatic carbocycles. The van der Waals surface area contributed by atoms with Crippen molar-refractivity contribution in [1.82, 2.24) is 25.0 Å². The van der Waals surface area contributed by atoms with Crippen LogP contribution < -0.4 is 5.32 Å². The Morgan fingerprint density at radius 2 is 2.11 bits per heavy atom. The summed E-state index contributed by atoms with van der Waals surface area (Å²) in [6.07, 6.45) is 5.18. The van der Waals surface area contributed by atoms with Gasteiger partial charge in [-0.25, -0.2) is 0 Å². The fraction of sp³-hybridized carbons (Fsp3) is 0.500. The highest BCUT2D eigenvalue weighted by atomic mass is 16.2. The number of hydrogen-bond acceptors (Lipinski definition) is 4. The summed E-state index contributed by atoms with van der Waals surface area (Å²) in [6, 6.07) is 5.55. The zero-order valence-corrected chi connectivity index (χ0v) is 16.2. The normalized spacial score (nSPS) is 15.2. The van der Waals surface area contributed by atoms with E-state index < -0.39 is 0 Å². The van der Waals surface area contributed by atoms with Gasteiger partial charge in [-0.2, -0.15) is 5.10 Å². The molecule has 3 rings (SSSR count). The number of aromatic nitrogens is 3. The van der Waals surface area contributed by atoms with Gasteiger partial charge in [0.15, 0.2) is 5.69 Å². The molecule has 7 nitrogen and oxygen atoms in total. The Morgan fingerprint density at radius 3 is 2.78 bits per heavy atom. The molecule has 0 saturated heterocycles. The average Bonchev–Trinajstić information content (AvgIpc) is 2.93. The highest BCUT2D eigenvalue weighted by Gasteiger charge is 2.23. The standard InChI is InChI=1S/C20H27N5O2/c1-14(2)10-18(16-6-4-7-21-12-16)22-20(27)19-11-17-13-24(15(3)26)8-5-9-25(17)23-19/h4,6-7,11-12,14,18H,5,8-10,13H2,1-3H3,(H,22,27)/t18-/m0/s1. The number of rotatable bonds is 5. The molecule has 1 aliphatic rings. The number of carbonyl (C=O) groups excluding carboxylic acids is 2. The number of hydrogen-bond donors (Lipinski definition) is 1. The van der Waals surface area contributed by atoms with Gasteiger partial charge in [-0.1, -0.05) is 19.9 Å². The summed E-state index contributed by atoms with van der Waals surface area (Å²) in [5.41, 5.74) is 2.28. The lowest BCUT2D eigenvalue weighted by molar-refractivity contribution is -0.129. The molecule has 0 fully saturated rings. The zero-order chi connectivity index (χ0) is 19.4. The number of amides is 2. The molecule has 27 heavy (non-hydrogen) atoms. The van der Waals surface area contributed by atoms with Gasteiger partial charge in [0.25, 0.3) is 5.91 Å². The Hall–Kier alpha value is -2.70. The van der Waals surface area contributed by atoms with Crippen LogP contribution in [0.2, 0.25) is 0 Å². The molecule has 2 aromatic rings. The van der Waals surface area contributed by atoms with Crippen LogP contribution in [-0.4, -0.2) is 38.0 Å². The summed E-state index contributed by atoms with van der Waals surface area (Å²) >= 11 is 0. The maximum absolute atomic E-state index is 12.8. The molecule has 0 bridgehead atoms. The van der Waals surface area contributed by atoms with Crippen LogP contribution in [-0.2, 0) is 17.9 Å². The third-order valence-corrected chi connectivity index (χ3v) is 4.79. The first-order valence-electron chi connectivity index (χ1n) is 9.47. The molecule has 2 aromatic heterocycles. The SMILES string of the molecule is CC(=O)N1CCCn2nc(C(=O)N[C@@H](CC(C)C)c3cccnc3)cc2C1. The van der Waals surface area contributed by atoms with E-state index >= 15 is 0 Å². The highest BCUT2D eigenvalue weighted by molar-refractivity contribution is 5.92. The van der Waals surface area contributed by atoms with Gasteiger partial charge in [-0.3, -0.25) is 19.3 Å². The summed E-state index contributed by atoms with van der Waals surface area (Å²) in [5.74, 6) is 0.280. The number of pyridine rings is 1. The number of fused-ring (bicyclic) bond motifs is 1. The Bertz CT molecular complexity index is 800. The molecular weight excluding hydrogens is 342 g/mol. The fourth-order valence-electron chi connectivity index (χ4n) is 3.41. The predicted octanol–water partition coefficient (Wildman–Crippen LogP) is 2.55. The highest BCUT2D eigenvalue weighted by Crippen LogP contribution is 2.21. The van der Waals surface area contributed by atoms with Crippen molar-refractivity contribution < 1.29 is 9.59 Å². The first-order valence-corrected chi connectivity index (χ1v) is 9.47. The van der Waals surface area contributed by atoms with Crippen molar-refractivity contribution in [3.63, 3.8) is 0 Å². The smallest absolute Gasteiger partial charge is 0.272 e. The van der Waals surface area contributed by atoms with Gasteiger partial charge in [-0.05, 0) is 36.5 Å². The number of nitrogens with zero attached hydrogens (tertiary/aromatic N) is 4. The quantitative estimate of drug-likeness (QED) is 0.878. The summed E-state index contributed by atoms with van der Waals surface area (Å²) in [6.45, 7) is 7.76. The van der Waals surface area contributed by atoms with E-state index in [0.717, 1.165) is 30.6 Å². The monoisotopic (exact) mass is 369 g/mol. The molecule has 1 N–H and O–H groups in total. The third-order valence-electron chi connectivity index (χ3n) is 4.79. The summed E-state index contributed by atoms with van der Waals surface area (Å²) < 4.78 is 1.85. The molecule has 2 amide bonds. The van der Waals surface area contributed by atoms with Crippen LogP contribution in [0.1, 0.15) is 61.4 Å². The zero-order valence-electron chi connectivity index (χ0n) is 16.2.